The van der Waals surface area contributed by atoms with Gasteiger partial charge in [0.2, 0.25) is 11.8 Å². The minimum Gasteiger partial charge on any atom is -0.383 e. The number of barbiturate groups is 1. The lowest BCUT2D eigenvalue weighted by Crippen LogP contribution is -2.60. The molecule has 1 aromatic carbocycles. The molecule has 2 unspecified atom stereocenters. The quantitative estimate of drug-likeness (QED) is 0.845. The van der Waals surface area contributed by atoms with E-state index in [9.17, 15) is 14.4 Å². The highest BCUT2D eigenvalue weighted by Gasteiger charge is 2.43. The van der Waals surface area contributed by atoms with E-state index in [1.165, 1.54) is 7.11 Å². The number of carbonyl (C=O) groups is 3. The molecule has 1 saturated heterocycles. The first-order valence-electron chi connectivity index (χ1n) is 6.69. The smallest absolute Gasteiger partial charge is 0.331 e. The second-order valence-corrected chi connectivity index (χ2v) is 5.15. The molecule has 0 aromatic heterocycles. The summed E-state index contributed by atoms with van der Waals surface area (Å²) in [5, 5.41) is 2.23. The van der Waals surface area contributed by atoms with Gasteiger partial charge in [-0.15, -0.1) is 0 Å². The van der Waals surface area contributed by atoms with Gasteiger partial charge in [0.05, 0.1) is 12.6 Å². The molecule has 4 amide bonds. The Morgan fingerprint density at radius 1 is 1.24 bits per heavy atom. The maximum Gasteiger partial charge on any atom is 0.331 e. The van der Waals surface area contributed by atoms with Crippen LogP contribution in [0.4, 0.5) is 4.79 Å². The summed E-state index contributed by atoms with van der Waals surface area (Å²) in [6.07, 6.45) is 0. The first kappa shape index (κ1) is 15.2. The largest absolute Gasteiger partial charge is 0.383 e. The van der Waals surface area contributed by atoms with Gasteiger partial charge < -0.3 is 4.74 Å². The molecule has 1 N–H and O–H groups in total. The van der Waals surface area contributed by atoms with Crippen LogP contribution in [-0.2, 0) is 14.3 Å². The van der Waals surface area contributed by atoms with Crippen LogP contribution in [-0.4, -0.2) is 42.5 Å². The fourth-order valence-corrected chi connectivity index (χ4v) is 2.38. The van der Waals surface area contributed by atoms with E-state index in [0.717, 1.165) is 10.5 Å². The Bertz CT molecular complexity index is 568. The third-order valence-electron chi connectivity index (χ3n) is 3.45. The monoisotopic (exact) mass is 290 g/mol. The van der Waals surface area contributed by atoms with Gasteiger partial charge in [0.1, 0.15) is 5.92 Å². The lowest BCUT2D eigenvalue weighted by Gasteiger charge is -2.34. The number of ether oxygens (including phenoxy) is 1. The van der Waals surface area contributed by atoms with Crippen LogP contribution in [0.3, 0.4) is 0 Å². The maximum absolute atomic E-state index is 12.5. The predicted octanol–water partition coefficient (Wildman–Crippen LogP) is 1.19. The summed E-state index contributed by atoms with van der Waals surface area (Å²) >= 11 is 0. The van der Waals surface area contributed by atoms with Crippen LogP contribution in [0, 0.1) is 6.92 Å². The standard InChI is InChI=1S/C15H18N2O4/c1-9-4-6-11(7-5-9)12-13(18)16-15(20)17(14(12)19)10(2)8-21-3/h4-7,10,12H,8H2,1-3H3,(H,16,18,20). The highest BCUT2D eigenvalue weighted by atomic mass is 16.5. The number of nitrogens with one attached hydrogen (secondary N) is 1. The molecular weight excluding hydrogens is 272 g/mol. The van der Waals surface area contributed by atoms with Crippen LogP contribution in [0.2, 0.25) is 0 Å². The molecule has 0 aliphatic carbocycles. The summed E-state index contributed by atoms with van der Waals surface area (Å²) in [6, 6.07) is 5.98. The molecule has 6 heteroatoms. The van der Waals surface area contributed by atoms with Crippen molar-refractivity contribution in [1.82, 2.24) is 10.2 Å². The number of imide groups is 2. The van der Waals surface area contributed by atoms with E-state index in [1.54, 1.807) is 19.1 Å². The van der Waals surface area contributed by atoms with Gasteiger partial charge in [-0.05, 0) is 19.4 Å². The van der Waals surface area contributed by atoms with Crippen LogP contribution < -0.4 is 5.32 Å². The highest BCUT2D eigenvalue weighted by Crippen LogP contribution is 2.24. The number of nitrogens with zero attached hydrogens (tertiary/aromatic N) is 1. The van der Waals surface area contributed by atoms with Gasteiger partial charge in [0.15, 0.2) is 0 Å². The van der Waals surface area contributed by atoms with Gasteiger partial charge in [0.25, 0.3) is 0 Å². The van der Waals surface area contributed by atoms with Gasteiger partial charge in [0, 0.05) is 7.11 Å². The van der Waals surface area contributed by atoms with Crippen LogP contribution in [0.25, 0.3) is 0 Å². The molecule has 0 spiro atoms. The van der Waals surface area contributed by atoms with Crippen molar-refractivity contribution in [1.29, 1.82) is 0 Å². The second kappa shape index (κ2) is 6.05. The predicted molar refractivity (Wildman–Crippen MR) is 75.6 cm³/mol. The zero-order valence-electron chi connectivity index (χ0n) is 12.3. The lowest BCUT2D eigenvalue weighted by atomic mass is 9.94. The van der Waals surface area contributed by atoms with Crippen molar-refractivity contribution in [2.24, 2.45) is 0 Å². The summed E-state index contributed by atoms with van der Waals surface area (Å²) in [4.78, 5) is 37.5. The maximum atomic E-state index is 12.5. The number of carbonyl (C=O) groups excluding carboxylic acids is 3. The van der Waals surface area contributed by atoms with Crippen molar-refractivity contribution >= 4 is 17.8 Å². The summed E-state index contributed by atoms with van der Waals surface area (Å²) in [7, 11) is 1.49. The van der Waals surface area contributed by atoms with Crippen molar-refractivity contribution in [2.75, 3.05) is 13.7 Å². The number of benzene rings is 1. The van der Waals surface area contributed by atoms with Crippen molar-refractivity contribution in [3.8, 4) is 0 Å². The fraction of sp³-hybridized carbons (Fsp3) is 0.400. The molecule has 1 aliphatic heterocycles. The van der Waals surface area contributed by atoms with Crippen molar-refractivity contribution in [2.45, 2.75) is 25.8 Å². The molecule has 1 aliphatic rings. The fourth-order valence-electron chi connectivity index (χ4n) is 2.38. The van der Waals surface area contributed by atoms with Gasteiger partial charge in [-0.3, -0.25) is 19.8 Å². The summed E-state index contributed by atoms with van der Waals surface area (Å²) in [5.41, 5.74) is 1.60. The average Bonchev–Trinajstić information content (AvgIpc) is 2.40. The highest BCUT2D eigenvalue weighted by molar-refractivity contribution is 6.19. The zero-order chi connectivity index (χ0) is 15.6. The molecule has 0 radical (unpaired) electrons. The molecule has 1 heterocycles. The molecule has 0 bridgehead atoms. The number of amides is 4. The minimum atomic E-state index is -0.998. The van der Waals surface area contributed by atoms with E-state index >= 15 is 0 Å². The molecule has 0 saturated carbocycles. The third kappa shape index (κ3) is 2.95. The first-order valence-corrected chi connectivity index (χ1v) is 6.69. The van der Waals surface area contributed by atoms with Crippen LogP contribution in [0.1, 0.15) is 24.0 Å². The van der Waals surface area contributed by atoms with Crippen LogP contribution in [0.5, 0.6) is 0 Å². The van der Waals surface area contributed by atoms with Gasteiger partial charge in [-0.2, -0.15) is 0 Å². The molecule has 112 valence electrons. The van der Waals surface area contributed by atoms with Crippen LogP contribution >= 0.6 is 0 Å². The number of hydrogen-bond donors (Lipinski definition) is 1. The van der Waals surface area contributed by atoms with Crippen LogP contribution in [0.15, 0.2) is 24.3 Å². The molecule has 2 rings (SSSR count). The van der Waals surface area contributed by atoms with E-state index in [2.05, 4.69) is 5.32 Å². The Balaban J connectivity index is 2.32. The SMILES string of the molecule is COCC(C)N1C(=O)NC(=O)C(c2ccc(C)cc2)C1=O. The Hall–Kier alpha value is -2.21. The Morgan fingerprint density at radius 3 is 2.43 bits per heavy atom. The Labute approximate surface area is 123 Å². The molecule has 21 heavy (non-hydrogen) atoms. The number of urea groups is 1. The molecule has 1 fully saturated rings. The molecule has 2 atom stereocenters. The number of rotatable bonds is 4. The van der Waals surface area contributed by atoms with E-state index in [4.69, 9.17) is 4.74 Å². The third-order valence-corrected chi connectivity index (χ3v) is 3.45. The summed E-state index contributed by atoms with van der Waals surface area (Å²) < 4.78 is 4.98. The van der Waals surface area contributed by atoms with Gasteiger partial charge in [-0.25, -0.2) is 4.79 Å². The van der Waals surface area contributed by atoms with Crippen molar-refractivity contribution in [3.63, 3.8) is 0 Å². The summed E-state index contributed by atoms with van der Waals surface area (Å²) in [5.74, 6) is -2.10. The Kier molecular flexibility index (Phi) is 4.37. The Morgan fingerprint density at radius 2 is 1.86 bits per heavy atom. The minimum absolute atomic E-state index is 0.216. The average molecular weight is 290 g/mol. The van der Waals surface area contributed by atoms with E-state index in [1.807, 2.05) is 19.1 Å². The van der Waals surface area contributed by atoms with Crippen molar-refractivity contribution < 1.29 is 19.1 Å². The van der Waals surface area contributed by atoms with E-state index in [0.29, 0.717) is 5.56 Å². The molecular formula is C15H18N2O4. The normalized spacial score (nSPS) is 20.4. The van der Waals surface area contributed by atoms with E-state index in [-0.39, 0.29) is 6.61 Å². The molecule has 6 nitrogen and oxygen atoms in total. The first-order chi connectivity index (χ1) is 9.95. The van der Waals surface area contributed by atoms with E-state index < -0.39 is 29.8 Å². The number of hydrogen-bond acceptors (Lipinski definition) is 4. The van der Waals surface area contributed by atoms with Crippen molar-refractivity contribution in [3.05, 3.63) is 35.4 Å². The van der Waals surface area contributed by atoms with Gasteiger partial charge in [-0.1, -0.05) is 29.8 Å². The lowest BCUT2D eigenvalue weighted by molar-refractivity contribution is -0.140. The topological polar surface area (TPSA) is 75.7 Å². The molecule has 1 aromatic rings. The summed E-state index contributed by atoms with van der Waals surface area (Å²) in [6.45, 7) is 3.83. The zero-order valence-corrected chi connectivity index (χ0v) is 12.3. The second-order valence-electron chi connectivity index (χ2n) is 5.15. The number of aryl methyl sites for hydroxylation is 1. The van der Waals surface area contributed by atoms with Gasteiger partial charge >= 0.3 is 6.03 Å². The number of methoxy groups -OCH3 is 1.